The van der Waals surface area contributed by atoms with Crippen LogP contribution in [0.5, 0.6) is 0 Å². The van der Waals surface area contributed by atoms with E-state index in [-0.39, 0.29) is 0 Å². The zero-order valence-corrected chi connectivity index (χ0v) is 39.8. The standard InChI is InChI=1S/C64H53N3Si/c1-68(2,63-38-41-31-42(39-63)33-43(32-41)40-63)51-28-30-55-54-29-27-49(36-58(54)64(59(55)37-51)56-25-11-9-23-52(56)53-24-10-12-26-57(53)64)47-20-13-19-46(34-47)48-21-14-22-50(35-48)62-66-60(44-15-5-3-6-16-44)65-61(67-62)45-17-7-4-8-18-45/h3-30,34-37,41-43H,31-33,38-40H2,1-2H3. The third-order valence-electron chi connectivity index (χ3n) is 17.5. The molecule has 4 saturated carbocycles. The van der Waals surface area contributed by atoms with Gasteiger partial charge in [-0.1, -0.05) is 194 Å². The van der Waals surface area contributed by atoms with Crippen LogP contribution in [0.15, 0.2) is 194 Å². The molecule has 0 saturated heterocycles. The monoisotopic (exact) mass is 891 g/mol. The molecular weight excluding hydrogens is 839 g/mol. The number of fused-ring (bicyclic) bond motifs is 10. The van der Waals surface area contributed by atoms with Gasteiger partial charge in [0.2, 0.25) is 0 Å². The molecule has 0 aliphatic heterocycles. The van der Waals surface area contributed by atoms with E-state index in [1.807, 2.05) is 36.4 Å². The Labute approximate surface area is 401 Å². The summed E-state index contributed by atoms with van der Waals surface area (Å²) in [6.07, 6.45) is 8.85. The lowest BCUT2D eigenvalue weighted by atomic mass is 9.56. The summed E-state index contributed by atoms with van der Waals surface area (Å²) in [5.74, 6) is 4.83. The van der Waals surface area contributed by atoms with Crippen LogP contribution in [0.25, 0.3) is 78.7 Å². The lowest BCUT2D eigenvalue weighted by Crippen LogP contribution is -2.59. The Morgan fingerprint density at radius 3 is 1.29 bits per heavy atom. The first kappa shape index (κ1) is 40.1. The number of aromatic nitrogens is 3. The van der Waals surface area contributed by atoms with Crippen molar-refractivity contribution in [2.75, 3.05) is 0 Å². The fraction of sp³-hybridized carbons (Fsp3) is 0.203. The zero-order valence-electron chi connectivity index (χ0n) is 38.8. The van der Waals surface area contributed by atoms with Gasteiger partial charge in [0.25, 0.3) is 0 Å². The Bertz CT molecular complexity index is 3340. The van der Waals surface area contributed by atoms with E-state index in [0.717, 1.165) is 45.6 Å². The van der Waals surface area contributed by atoms with Crippen LogP contribution in [-0.2, 0) is 5.41 Å². The second-order valence-corrected chi connectivity index (χ2v) is 26.3. The van der Waals surface area contributed by atoms with Gasteiger partial charge >= 0.3 is 0 Å². The van der Waals surface area contributed by atoms with Crippen LogP contribution in [0.3, 0.4) is 0 Å². The van der Waals surface area contributed by atoms with Gasteiger partial charge in [-0.15, -0.1) is 0 Å². The lowest BCUT2D eigenvalue weighted by Gasteiger charge is -2.62. The predicted octanol–water partition coefficient (Wildman–Crippen LogP) is 15.4. The molecule has 1 aromatic heterocycles. The molecule has 0 atom stereocenters. The highest BCUT2D eigenvalue weighted by Gasteiger charge is 2.59. The minimum atomic E-state index is -1.90. The van der Waals surface area contributed by atoms with Crippen molar-refractivity contribution in [2.45, 2.75) is 62.1 Å². The molecule has 4 heteroatoms. The second-order valence-electron chi connectivity index (χ2n) is 21.4. The second kappa shape index (κ2) is 15.0. The molecule has 4 bridgehead atoms. The molecule has 1 spiro atoms. The fourth-order valence-corrected chi connectivity index (χ4v) is 18.6. The third-order valence-corrected chi connectivity index (χ3v) is 22.5. The highest BCUT2D eigenvalue weighted by atomic mass is 28.3. The van der Waals surface area contributed by atoms with Gasteiger partial charge < -0.3 is 0 Å². The zero-order chi connectivity index (χ0) is 45.2. The van der Waals surface area contributed by atoms with Crippen LogP contribution in [0, 0.1) is 17.8 Å². The summed E-state index contributed by atoms with van der Waals surface area (Å²) in [5, 5.41) is 2.17. The highest BCUT2D eigenvalue weighted by molar-refractivity contribution is 6.92. The number of hydrogen-bond donors (Lipinski definition) is 0. The van der Waals surface area contributed by atoms with Crippen molar-refractivity contribution < 1.29 is 0 Å². The molecule has 0 amide bonds. The normalized spacial score (nSPS) is 21.1. The van der Waals surface area contributed by atoms with Crippen molar-refractivity contribution in [3.05, 3.63) is 216 Å². The molecule has 15 rings (SSSR count). The Morgan fingerprint density at radius 2 is 0.750 bits per heavy atom. The van der Waals surface area contributed by atoms with E-state index < -0.39 is 13.5 Å². The average molecular weight is 892 g/mol. The van der Waals surface area contributed by atoms with E-state index in [2.05, 4.69) is 171 Å². The van der Waals surface area contributed by atoms with Gasteiger partial charge in [0.05, 0.1) is 13.5 Å². The Morgan fingerprint density at radius 1 is 0.353 bits per heavy atom. The highest BCUT2D eigenvalue weighted by Crippen LogP contribution is 2.68. The van der Waals surface area contributed by atoms with E-state index in [0.29, 0.717) is 22.5 Å². The maximum absolute atomic E-state index is 5.06. The van der Waals surface area contributed by atoms with Gasteiger partial charge in [-0.25, -0.2) is 15.0 Å². The van der Waals surface area contributed by atoms with Crippen LogP contribution in [0.4, 0.5) is 0 Å². The molecule has 4 fully saturated rings. The van der Waals surface area contributed by atoms with E-state index >= 15 is 0 Å². The van der Waals surface area contributed by atoms with Crippen LogP contribution < -0.4 is 5.19 Å². The summed E-state index contributed by atoms with van der Waals surface area (Å²) in [6.45, 7) is 5.50. The maximum atomic E-state index is 5.06. The number of hydrogen-bond acceptors (Lipinski definition) is 3. The first-order chi connectivity index (χ1) is 33.3. The van der Waals surface area contributed by atoms with Crippen LogP contribution in [0.2, 0.25) is 18.1 Å². The van der Waals surface area contributed by atoms with Crippen molar-refractivity contribution >= 4 is 13.3 Å². The van der Waals surface area contributed by atoms with Crippen molar-refractivity contribution in [2.24, 2.45) is 17.8 Å². The average Bonchev–Trinajstić information content (AvgIpc) is 3.85. The van der Waals surface area contributed by atoms with Crippen LogP contribution in [0.1, 0.15) is 60.8 Å². The van der Waals surface area contributed by atoms with E-state index in [1.165, 1.54) is 94.2 Å². The minimum absolute atomic E-state index is 0.399. The number of nitrogens with zero attached hydrogens (tertiary/aromatic N) is 3. The minimum Gasteiger partial charge on any atom is -0.208 e. The van der Waals surface area contributed by atoms with Crippen LogP contribution >= 0.6 is 0 Å². The van der Waals surface area contributed by atoms with Gasteiger partial charge in [0, 0.05) is 16.7 Å². The van der Waals surface area contributed by atoms with E-state index in [4.69, 9.17) is 15.0 Å². The molecule has 0 unspecified atom stereocenters. The number of benzene rings is 8. The first-order valence-corrected chi connectivity index (χ1v) is 27.9. The molecule has 1 heterocycles. The molecule has 6 aliphatic carbocycles. The summed E-state index contributed by atoms with van der Waals surface area (Å²) in [7, 11) is -1.90. The van der Waals surface area contributed by atoms with Gasteiger partial charge in [0.1, 0.15) is 0 Å². The smallest absolute Gasteiger partial charge is 0.164 e. The molecule has 328 valence electrons. The van der Waals surface area contributed by atoms with Gasteiger partial charge in [-0.05, 0) is 146 Å². The van der Waals surface area contributed by atoms with Gasteiger partial charge in [0.15, 0.2) is 17.5 Å². The third kappa shape index (κ3) is 5.92. The van der Waals surface area contributed by atoms with Crippen molar-refractivity contribution in [1.82, 2.24) is 15.0 Å². The Hall–Kier alpha value is -7.01. The summed E-state index contributed by atoms with van der Waals surface area (Å²) in [4.78, 5) is 15.1. The van der Waals surface area contributed by atoms with E-state index in [1.54, 1.807) is 5.19 Å². The quantitative estimate of drug-likeness (QED) is 0.150. The lowest BCUT2D eigenvalue weighted by molar-refractivity contribution is 0.0257. The molecule has 0 radical (unpaired) electrons. The molecule has 0 N–H and O–H groups in total. The predicted molar refractivity (Wildman–Crippen MR) is 281 cm³/mol. The SMILES string of the molecule is C[Si](C)(c1ccc2c(c1)C1(c3ccccc3-c3ccccc31)c1cc(-c3cccc(-c4cccc(-c5nc(-c6ccccc6)nc(-c6ccccc6)n5)c4)c3)ccc1-2)C12CC3CC(CC(C3)C1)C2. The molecule has 3 nitrogen and oxygen atoms in total. The molecule has 9 aromatic rings. The number of rotatable bonds is 7. The topological polar surface area (TPSA) is 38.7 Å². The summed E-state index contributed by atoms with van der Waals surface area (Å²) in [5.41, 5.74) is 18.4. The van der Waals surface area contributed by atoms with E-state index in [9.17, 15) is 0 Å². The van der Waals surface area contributed by atoms with Crippen molar-refractivity contribution in [1.29, 1.82) is 0 Å². The van der Waals surface area contributed by atoms with Crippen LogP contribution in [-0.4, -0.2) is 23.0 Å². The van der Waals surface area contributed by atoms with Gasteiger partial charge in [-0.3, -0.25) is 0 Å². The largest absolute Gasteiger partial charge is 0.208 e. The Balaban J connectivity index is 0.884. The molecule has 68 heavy (non-hydrogen) atoms. The van der Waals surface area contributed by atoms with Crippen molar-refractivity contribution in [3.63, 3.8) is 0 Å². The summed E-state index contributed by atoms with van der Waals surface area (Å²) in [6, 6.07) is 72.0. The molecule has 8 aromatic carbocycles. The van der Waals surface area contributed by atoms with Gasteiger partial charge in [-0.2, -0.15) is 0 Å². The Kier molecular flexibility index (Phi) is 8.84. The fourth-order valence-electron chi connectivity index (χ4n) is 14.5. The molecular formula is C64H53N3Si. The first-order valence-electron chi connectivity index (χ1n) is 24.9. The van der Waals surface area contributed by atoms with Crippen molar-refractivity contribution in [3.8, 4) is 78.7 Å². The summed E-state index contributed by atoms with van der Waals surface area (Å²) < 4.78 is 0. The summed E-state index contributed by atoms with van der Waals surface area (Å²) >= 11 is 0. The molecule has 6 aliphatic rings. The maximum Gasteiger partial charge on any atom is 0.164 e.